The van der Waals surface area contributed by atoms with E-state index in [-0.39, 0.29) is 6.04 Å². The summed E-state index contributed by atoms with van der Waals surface area (Å²) in [5.74, 6) is 0. The van der Waals surface area contributed by atoms with Gasteiger partial charge in [0.2, 0.25) is 0 Å². The van der Waals surface area contributed by atoms with Gasteiger partial charge < -0.3 is 15.4 Å². The van der Waals surface area contributed by atoms with E-state index in [4.69, 9.17) is 5.73 Å². The fourth-order valence-electron chi connectivity index (χ4n) is 2.48. The second-order valence-electron chi connectivity index (χ2n) is 5.89. The zero-order valence-electron chi connectivity index (χ0n) is 10.9. The van der Waals surface area contributed by atoms with Crippen LogP contribution in [0.15, 0.2) is 12.4 Å². The molecule has 1 aromatic heterocycles. The van der Waals surface area contributed by atoms with Crippen molar-refractivity contribution in [1.82, 2.24) is 4.57 Å². The number of hydrogen-bond donors (Lipinski definition) is 2. The molecule has 96 valence electrons. The lowest BCUT2D eigenvalue weighted by Gasteiger charge is -2.17. The van der Waals surface area contributed by atoms with Crippen LogP contribution in [0, 0.1) is 0 Å². The number of aryl methyl sites for hydroxylation is 2. The normalized spacial score (nSPS) is 21.1. The van der Waals surface area contributed by atoms with Crippen LogP contribution in [-0.4, -0.2) is 15.3 Å². The van der Waals surface area contributed by atoms with Gasteiger partial charge in [-0.05, 0) is 50.7 Å². The van der Waals surface area contributed by atoms with Crippen molar-refractivity contribution in [3.05, 3.63) is 23.5 Å². The highest BCUT2D eigenvalue weighted by Gasteiger charge is 2.18. The van der Waals surface area contributed by atoms with Crippen molar-refractivity contribution in [3.8, 4) is 0 Å². The van der Waals surface area contributed by atoms with E-state index in [0.29, 0.717) is 0 Å². The van der Waals surface area contributed by atoms with Gasteiger partial charge in [-0.1, -0.05) is 6.42 Å². The maximum atomic E-state index is 9.74. The van der Waals surface area contributed by atoms with Crippen molar-refractivity contribution in [1.29, 1.82) is 0 Å². The molecule has 17 heavy (non-hydrogen) atoms. The first-order chi connectivity index (χ1) is 7.96. The van der Waals surface area contributed by atoms with Crippen LogP contribution in [0.25, 0.3) is 0 Å². The van der Waals surface area contributed by atoms with Crippen molar-refractivity contribution >= 4 is 0 Å². The van der Waals surface area contributed by atoms with E-state index in [2.05, 4.69) is 17.0 Å². The average Bonchev–Trinajstić information content (AvgIpc) is 2.57. The third-order valence-electron chi connectivity index (χ3n) is 3.59. The molecule has 1 atom stereocenters. The lowest BCUT2D eigenvalue weighted by atomic mass is 10.1. The molecule has 1 aliphatic rings. The molecule has 0 radical (unpaired) electrons. The summed E-state index contributed by atoms with van der Waals surface area (Å²) in [5, 5.41) is 9.74. The first-order valence-corrected chi connectivity index (χ1v) is 6.62. The number of hydrogen-bond acceptors (Lipinski definition) is 2. The Hall–Kier alpha value is -0.800. The Balaban J connectivity index is 2.09. The topological polar surface area (TPSA) is 51.2 Å². The number of nitrogens with zero attached hydrogens (tertiary/aromatic N) is 1. The molecule has 0 bridgehead atoms. The molecule has 0 spiro atoms. The number of aromatic nitrogens is 1. The zero-order chi connectivity index (χ0) is 12.5. The van der Waals surface area contributed by atoms with Gasteiger partial charge in [0.1, 0.15) is 0 Å². The highest BCUT2D eigenvalue weighted by atomic mass is 16.3. The standard InChI is InChI=1S/C14H24N2O/c1-14(2,17)7-8-16-9-11-5-3-4-6-13(15)12(11)10-16/h9-10,13,17H,3-8,15H2,1-2H3. The van der Waals surface area contributed by atoms with E-state index in [1.54, 1.807) is 0 Å². The van der Waals surface area contributed by atoms with Gasteiger partial charge in [-0.15, -0.1) is 0 Å². The molecule has 0 saturated heterocycles. The Bertz CT molecular complexity index is 376. The molecule has 1 aromatic rings. The van der Waals surface area contributed by atoms with Crippen LogP contribution < -0.4 is 5.73 Å². The molecule has 2 rings (SSSR count). The molecule has 1 unspecified atom stereocenters. The minimum atomic E-state index is -0.593. The van der Waals surface area contributed by atoms with Crippen LogP contribution in [-0.2, 0) is 13.0 Å². The summed E-state index contributed by atoms with van der Waals surface area (Å²) in [6.45, 7) is 4.57. The third-order valence-corrected chi connectivity index (χ3v) is 3.59. The SMILES string of the molecule is CC(C)(O)CCn1cc2c(c1)C(N)CCCC2. The molecule has 0 saturated carbocycles. The van der Waals surface area contributed by atoms with E-state index in [1.165, 1.54) is 24.0 Å². The molecular weight excluding hydrogens is 212 g/mol. The summed E-state index contributed by atoms with van der Waals surface area (Å²) >= 11 is 0. The molecule has 0 aliphatic heterocycles. The van der Waals surface area contributed by atoms with E-state index in [9.17, 15) is 5.11 Å². The van der Waals surface area contributed by atoms with Gasteiger partial charge >= 0.3 is 0 Å². The maximum absolute atomic E-state index is 9.74. The number of aliphatic hydroxyl groups is 1. The Morgan fingerprint density at radius 2 is 2.18 bits per heavy atom. The van der Waals surface area contributed by atoms with E-state index < -0.39 is 5.60 Å². The summed E-state index contributed by atoms with van der Waals surface area (Å²) in [4.78, 5) is 0. The molecule has 0 amide bonds. The predicted molar refractivity (Wildman–Crippen MR) is 69.8 cm³/mol. The van der Waals surface area contributed by atoms with Gasteiger partial charge in [0.25, 0.3) is 0 Å². The van der Waals surface area contributed by atoms with E-state index >= 15 is 0 Å². The smallest absolute Gasteiger partial charge is 0.0608 e. The van der Waals surface area contributed by atoms with Crippen molar-refractivity contribution in [2.45, 2.75) is 64.1 Å². The summed E-state index contributed by atoms with van der Waals surface area (Å²) in [7, 11) is 0. The van der Waals surface area contributed by atoms with Crippen molar-refractivity contribution in [3.63, 3.8) is 0 Å². The first kappa shape index (κ1) is 12.7. The fourth-order valence-corrected chi connectivity index (χ4v) is 2.48. The lowest BCUT2D eigenvalue weighted by Crippen LogP contribution is -2.20. The Morgan fingerprint density at radius 3 is 2.88 bits per heavy atom. The van der Waals surface area contributed by atoms with Crippen LogP contribution in [0.1, 0.15) is 56.7 Å². The number of fused-ring (bicyclic) bond motifs is 1. The highest BCUT2D eigenvalue weighted by molar-refractivity contribution is 5.28. The monoisotopic (exact) mass is 236 g/mol. The molecule has 0 aromatic carbocycles. The van der Waals surface area contributed by atoms with Crippen molar-refractivity contribution in [2.75, 3.05) is 0 Å². The molecule has 3 heteroatoms. The zero-order valence-corrected chi connectivity index (χ0v) is 10.9. The Labute approximate surface area is 104 Å². The van der Waals surface area contributed by atoms with E-state index in [1.807, 2.05) is 13.8 Å². The predicted octanol–water partition coefficient (Wildman–Crippen LogP) is 2.38. The molecule has 1 heterocycles. The highest BCUT2D eigenvalue weighted by Crippen LogP contribution is 2.28. The molecule has 3 nitrogen and oxygen atoms in total. The van der Waals surface area contributed by atoms with Crippen molar-refractivity contribution in [2.24, 2.45) is 5.73 Å². The second-order valence-corrected chi connectivity index (χ2v) is 5.89. The summed E-state index contributed by atoms with van der Waals surface area (Å²) in [5.41, 5.74) is 8.31. The van der Waals surface area contributed by atoms with E-state index in [0.717, 1.165) is 25.8 Å². The third kappa shape index (κ3) is 3.33. The quantitative estimate of drug-likeness (QED) is 0.792. The van der Waals surface area contributed by atoms with Gasteiger partial charge in [-0.3, -0.25) is 0 Å². The van der Waals surface area contributed by atoms with Crippen LogP contribution in [0.2, 0.25) is 0 Å². The molecule has 0 fully saturated rings. The van der Waals surface area contributed by atoms with Crippen molar-refractivity contribution < 1.29 is 5.11 Å². The number of nitrogens with two attached hydrogens (primary N) is 1. The largest absolute Gasteiger partial charge is 0.390 e. The van der Waals surface area contributed by atoms with Crippen LogP contribution in [0.3, 0.4) is 0 Å². The minimum Gasteiger partial charge on any atom is -0.390 e. The Kier molecular flexibility index (Phi) is 3.59. The number of rotatable bonds is 3. The summed E-state index contributed by atoms with van der Waals surface area (Å²) < 4.78 is 2.19. The summed E-state index contributed by atoms with van der Waals surface area (Å²) in [6.07, 6.45) is 9.90. The maximum Gasteiger partial charge on any atom is 0.0608 e. The van der Waals surface area contributed by atoms with Crippen LogP contribution in [0.4, 0.5) is 0 Å². The Morgan fingerprint density at radius 1 is 1.41 bits per heavy atom. The molecular formula is C14H24N2O. The molecule has 3 N–H and O–H groups in total. The summed E-state index contributed by atoms with van der Waals surface area (Å²) in [6, 6.07) is 0.205. The van der Waals surface area contributed by atoms with Crippen LogP contribution >= 0.6 is 0 Å². The lowest BCUT2D eigenvalue weighted by molar-refractivity contribution is 0.0662. The van der Waals surface area contributed by atoms with Gasteiger partial charge in [0.05, 0.1) is 5.60 Å². The second kappa shape index (κ2) is 4.83. The first-order valence-electron chi connectivity index (χ1n) is 6.62. The van der Waals surface area contributed by atoms with Gasteiger partial charge in [0.15, 0.2) is 0 Å². The average molecular weight is 236 g/mol. The molecule has 1 aliphatic carbocycles. The minimum absolute atomic E-state index is 0.205. The fraction of sp³-hybridized carbons (Fsp3) is 0.714. The van der Waals surface area contributed by atoms with Crippen LogP contribution in [0.5, 0.6) is 0 Å². The van der Waals surface area contributed by atoms with Gasteiger partial charge in [-0.2, -0.15) is 0 Å². The van der Waals surface area contributed by atoms with Gasteiger partial charge in [-0.25, -0.2) is 0 Å². The van der Waals surface area contributed by atoms with Gasteiger partial charge in [0, 0.05) is 25.0 Å².